The SMILES string of the molecule is CC1(C)O[C@@H]2O[C@H](C(=O)Nc3nccs3)[C@@H]3OC(C)(C)O[C@@H]3[C@@H]2O1. The van der Waals surface area contributed by atoms with Gasteiger partial charge in [-0.3, -0.25) is 10.1 Å². The number of aromatic nitrogens is 1. The second kappa shape index (κ2) is 5.45. The molecule has 0 spiro atoms. The highest BCUT2D eigenvalue weighted by molar-refractivity contribution is 7.13. The van der Waals surface area contributed by atoms with Crippen LogP contribution in [0.5, 0.6) is 0 Å². The summed E-state index contributed by atoms with van der Waals surface area (Å²) in [6.45, 7) is 7.21. The van der Waals surface area contributed by atoms with Crippen molar-refractivity contribution in [2.45, 2.75) is 70.0 Å². The van der Waals surface area contributed by atoms with Crippen LogP contribution >= 0.6 is 11.3 Å². The number of ether oxygens (including phenoxy) is 5. The van der Waals surface area contributed by atoms with Crippen molar-refractivity contribution in [1.82, 2.24) is 4.98 Å². The molecule has 0 radical (unpaired) electrons. The van der Waals surface area contributed by atoms with Gasteiger partial charge in [-0.15, -0.1) is 11.3 Å². The summed E-state index contributed by atoms with van der Waals surface area (Å²) in [4.78, 5) is 16.7. The number of thiazole rings is 1. The fourth-order valence-electron chi connectivity index (χ4n) is 3.29. The molecule has 4 rings (SSSR count). The second-order valence-electron chi connectivity index (χ2n) is 6.92. The van der Waals surface area contributed by atoms with Crippen LogP contribution in [0.15, 0.2) is 11.6 Å². The Hall–Kier alpha value is -1.10. The molecule has 0 bridgehead atoms. The van der Waals surface area contributed by atoms with Gasteiger partial charge in [-0.2, -0.15) is 0 Å². The number of fused-ring (bicyclic) bond motifs is 3. The monoisotopic (exact) mass is 356 g/mol. The molecule has 24 heavy (non-hydrogen) atoms. The van der Waals surface area contributed by atoms with Gasteiger partial charge in [0.05, 0.1) is 0 Å². The lowest BCUT2D eigenvalue weighted by atomic mass is 9.98. The third-order valence-corrected chi connectivity index (χ3v) is 4.76. The average Bonchev–Trinajstić information content (AvgIpc) is 3.13. The number of amides is 1. The summed E-state index contributed by atoms with van der Waals surface area (Å²) in [6, 6.07) is 0. The molecule has 8 nitrogen and oxygen atoms in total. The maximum absolute atomic E-state index is 12.7. The Morgan fingerprint density at radius 1 is 1.08 bits per heavy atom. The van der Waals surface area contributed by atoms with Crippen LogP contribution in [0.25, 0.3) is 0 Å². The molecule has 9 heteroatoms. The van der Waals surface area contributed by atoms with E-state index in [1.165, 1.54) is 11.3 Å². The molecular formula is C15H20N2O6S. The molecule has 5 atom stereocenters. The summed E-state index contributed by atoms with van der Waals surface area (Å²) in [5, 5.41) is 5.03. The molecule has 4 heterocycles. The molecule has 0 unspecified atom stereocenters. The van der Waals surface area contributed by atoms with E-state index in [2.05, 4.69) is 10.3 Å². The van der Waals surface area contributed by atoms with E-state index < -0.39 is 42.3 Å². The van der Waals surface area contributed by atoms with E-state index in [0.29, 0.717) is 5.13 Å². The number of nitrogens with one attached hydrogen (secondary N) is 1. The van der Waals surface area contributed by atoms with Gasteiger partial charge in [0.15, 0.2) is 29.1 Å². The van der Waals surface area contributed by atoms with Gasteiger partial charge in [-0.05, 0) is 27.7 Å². The van der Waals surface area contributed by atoms with Gasteiger partial charge in [0.2, 0.25) is 0 Å². The van der Waals surface area contributed by atoms with E-state index in [1.807, 2.05) is 0 Å². The van der Waals surface area contributed by atoms with Crippen molar-refractivity contribution in [1.29, 1.82) is 0 Å². The van der Waals surface area contributed by atoms with Gasteiger partial charge in [0.1, 0.15) is 18.3 Å². The minimum atomic E-state index is -0.876. The number of carbonyl (C=O) groups is 1. The Bertz CT molecular complexity index is 634. The Labute approximate surface area is 143 Å². The first kappa shape index (κ1) is 16.4. The van der Waals surface area contributed by atoms with Crippen LogP contribution in [0.4, 0.5) is 5.13 Å². The minimum Gasteiger partial charge on any atom is -0.342 e. The van der Waals surface area contributed by atoms with E-state index in [1.54, 1.807) is 39.3 Å². The Kier molecular flexibility index (Phi) is 3.72. The smallest absolute Gasteiger partial charge is 0.258 e. The summed E-state index contributed by atoms with van der Waals surface area (Å²) < 4.78 is 29.4. The van der Waals surface area contributed by atoms with Crippen LogP contribution in [0.2, 0.25) is 0 Å². The van der Waals surface area contributed by atoms with E-state index in [0.717, 1.165) is 0 Å². The van der Waals surface area contributed by atoms with E-state index in [-0.39, 0.29) is 5.91 Å². The molecule has 3 aliphatic rings. The van der Waals surface area contributed by atoms with Crippen molar-refractivity contribution in [2.24, 2.45) is 0 Å². The highest BCUT2D eigenvalue weighted by Crippen LogP contribution is 2.44. The molecule has 0 aromatic carbocycles. The molecule has 3 fully saturated rings. The molecule has 0 aliphatic carbocycles. The number of hydrogen-bond acceptors (Lipinski definition) is 8. The van der Waals surface area contributed by atoms with Gasteiger partial charge in [-0.1, -0.05) is 0 Å². The molecule has 1 N–H and O–H groups in total. The maximum atomic E-state index is 12.7. The number of anilines is 1. The predicted molar refractivity (Wildman–Crippen MR) is 83.3 cm³/mol. The highest BCUT2D eigenvalue weighted by Gasteiger charge is 2.62. The quantitative estimate of drug-likeness (QED) is 0.858. The largest absolute Gasteiger partial charge is 0.342 e. The molecule has 1 aromatic rings. The number of hydrogen-bond donors (Lipinski definition) is 1. The first-order chi connectivity index (χ1) is 11.2. The Morgan fingerprint density at radius 2 is 1.75 bits per heavy atom. The third-order valence-electron chi connectivity index (χ3n) is 4.08. The van der Waals surface area contributed by atoms with Crippen LogP contribution in [0.3, 0.4) is 0 Å². The van der Waals surface area contributed by atoms with Gasteiger partial charge in [-0.25, -0.2) is 4.98 Å². The molecule has 1 aromatic heterocycles. The molecule has 132 valence electrons. The standard InChI is InChI=1S/C15H20N2O6S/c1-14(2)20-7-8(21-14)10-12(23-15(3,4)22-10)19-9(7)11(18)17-13-16-5-6-24-13/h5-10,12H,1-4H3,(H,16,17,18)/t7-,8+,9+,10+,12+/m1/s1. The number of rotatable bonds is 2. The van der Waals surface area contributed by atoms with Crippen LogP contribution in [-0.4, -0.2) is 53.2 Å². The number of carbonyl (C=O) groups excluding carboxylic acids is 1. The van der Waals surface area contributed by atoms with Gasteiger partial charge in [0.25, 0.3) is 5.91 Å². The van der Waals surface area contributed by atoms with Crippen molar-refractivity contribution in [3.05, 3.63) is 11.6 Å². The van der Waals surface area contributed by atoms with Crippen molar-refractivity contribution in [3.8, 4) is 0 Å². The van der Waals surface area contributed by atoms with E-state index >= 15 is 0 Å². The molecule has 1 amide bonds. The summed E-state index contributed by atoms with van der Waals surface area (Å²) >= 11 is 1.33. The summed E-state index contributed by atoms with van der Waals surface area (Å²) in [5.41, 5.74) is 0. The van der Waals surface area contributed by atoms with Crippen LogP contribution < -0.4 is 5.32 Å². The summed E-state index contributed by atoms with van der Waals surface area (Å²) in [6.07, 6.45) is -1.43. The highest BCUT2D eigenvalue weighted by atomic mass is 32.1. The Morgan fingerprint density at radius 3 is 2.46 bits per heavy atom. The molecule has 3 aliphatic heterocycles. The van der Waals surface area contributed by atoms with Crippen molar-refractivity contribution >= 4 is 22.4 Å². The van der Waals surface area contributed by atoms with Gasteiger partial charge >= 0.3 is 0 Å². The lowest BCUT2D eigenvalue weighted by Gasteiger charge is -2.36. The van der Waals surface area contributed by atoms with Crippen LogP contribution in [-0.2, 0) is 28.5 Å². The van der Waals surface area contributed by atoms with Crippen LogP contribution in [0.1, 0.15) is 27.7 Å². The van der Waals surface area contributed by atoms with Crippen molar-refractivity contribution in [3.63, 3.8) is 0 Å². The van der Waals surface area contributed by atoms with Crippen LogP contribution in [0, 0.1) is 0 Å². The zero-order chi connectivity index (χ0) is 17.1. The van der Waals surface area contributed by atoms with E-state index in [4.69, 9.17) is 23.7 Å². The Balaban J connectivity index is 1.59. The fraction of sp³-hybridized carbons (Fsp3) is 0.733. The van der Waals surface area contributed by atoms with Crippen molar-refractivity contribution < 1.29 is 28.5 Å². The van der Waals surface area contributed by atoms with E-state index in [9.17, 15) is 4.79 Å². The molecular weight excluding hydrogens is 336 g/mol. The minimum absolute atomic E-state index is 0.340. The number of nitrogens with zero attached hydrogens (tertiary/aromatic N) is 1. The lowest BCUT2D eigenvalue weighted by molar-refractivity contribution is -0.229. The van der Waals surface area contributed by atoms with Crippen molar-refractivity contribution in [2.75, 3.05) is 5.32 Å². The zero-order valence-corrected chi connectivity index (χ0v) is 14.7. The first-order valence-electron chi connectivity index (χ1n) is 7.81. The average molecular weight is 356 g/mol. The lowest BCUT2D eigenvalue weighted by Crippen LogP contribution is -2.58. The topological polar surface area (TPSA) is 88.1 Å². The second-order valence-corrected chi connectivity index (χ2v) is 7.81. The fourth-order valence-corrected chi connectivity index (χ4v) is 3.82. The third kappa shape index (κ3) is 2.85. The first-order valence-corrected chi connectivity index (χ1v) is 8.69. The zero-order valence-electron chi connectivity index (χ0n) is 13.8. The normalized spacial score (nSPS) is 39.2. The predicted octanol–water partition coefficient (Wildman–Crippen LogP) is 1.48. The van der Waals surface area contributed by atoms with Gasteiger partial charge in [0, 0.05) is 11.6 Å². The van der Waals surface area contributed by atoms with Gasteiger partial charge < -0.3 is 23.7 Å². The summed E-state index contributed by atoms with van der Waals surface area (Å²) in [7, 11) is 0. The summed E-state index contributed by atoms with van der Waals surface area (Å²) in [5.74, 6) is -1.98. The maximum Gasteiger partial charge on any atom is 0.258 e. The molecule has 3 saturated heterocycles. The molecule has 0 saturated carbocycles.